The number of hydrogen-bond acceptors (Lipinski definition) is 2. The standard InChI is InChI=1S/C12H16FNO/c1-9(15)10-5-4-6-11(13)12(10)14-7-2-3-8-14/h4-6,9,15H,2-3,7-8H2,1H3. The van der Waals surface area contributed by atoms with E-state index < -0.39 is 6.10 Å². The third-order valence-corrected chi connectivity index (χ3v) is 2.89. The highest BCUT2D eigenvalue weighted by molar-refractivity contribution is 5.56. The Bertz CT molecular complexity index is 345. The molecule has 1 unspecified atom stereocenters. The average molecular weight is 209 g/mol. The minimum absolute atomic E-state index is 0.227. The Morgan fingerprint density at radius 2 is 2.00 bits per heavy atom. The number of halogens is 1. The van der Waals surface area contributed by atoms with Crippen molar-refractivity contribution in [3.63, 3.8) is 0 Å². The van der Waals surface area contributed by atoms with Gasteiger partial charge in [-0.15, -0.1) is 0 Å². The molecule has 1 aromatic rings. The van der Waals surface area contributed by atoms with Crippen LogP contribution in [0.2, 0.25) is 0 Å². The second-order valence-corrected chi connectivity index (χ2v) is 4.05. The lowest BCUT2D eigenvalue weighted by Crippen LogP contribution is -2.21. The van der Waals surface area contributed by atoms with Crippen LogP contribution in [0.25, 0.3) is 0 Å². The van der Waals surface area contributed by atoms with Gasteiger partial charge in [0, 0.05) is 18.7 Å². The first-order chi connectivity index (χ1) is 7.20. The molecule has 82 valence electrons. The van der Waals surface area contributed by atoms with Crippen LogP contribution < -0.4 is 4.90 Å². The highest BCUT2D eigenvalue weighted by atomic mass is 19.1. The van der Waals surface area contributed by atoms with Crippen molar-refractivity contribution in [1.29, 1.82) is 0 Å². The van der Waals surface area contributed by atoms with E-state index in [-0.39, 0.29) is 5.82 Å². The molecule has 1 N–H and O–H groups in total. The van der Waals surface area contributed by atoms with Crippen LogP contribution in [0, 0.1) is 5.82 Å². The van der Waals surface area contributed by atoms with Gasteiger partial charge in [0.05, 0.1) is 11.8 Å². The van der Waals surface area contributed by atoms with Crippen LogP contribution >= 0.6 is 0 Å². The monoisotopic (exact) mass is 209 g/mol. The van der Waals surface area contributed by atoms with Crippen molar-refractivity contribution in [1.82, 2.24) is 0 Å². The van der Waals surface area contributed by atoms with E-state index in [1.165, 1.54) is 6.07 Å². The fraction of sp³-hybridized carbons (Fsp3) is 0.500. The third kappa shape index (κ3) is 1.97. The summed E-state index contributed by atoms with van der Waals surface area (Å²) in [5.41, 5.74) is 1.28. The molecule has 1 aromatic carbocycles. The SMILES string of the molecule is CC(O)c1cccc(F)c1N1CCCC1. The molecule has 1 fully saturated rings. The Balaban J connectivity index is 2.41. The van der Waals surface area contributed by atoms with Crippen molar-refractivity contribution >= 4 is 5.69 Å². The molecular weight excluding hydrogens is 193 g/mol. The van der Waals surface area contributed by atoms with Gasteiger partial charge >= 0.3 is 0 Å². The Labute approximate surface area is 89.3 Å². The lowest BCUT2D eigenvalue weighted by molar-refractivity contribution is 0.199. The molecule has 1 aliphatic rings. The smallest absolute Gasteiger partial charge is 0.146 e. The molecule has 1 heterocycles. The highest BCUT2D eigenvalue weighted by Gasteiger charge is 2.20. The van der Waals surface area contributed by atoms with Crippen LogP contribution in [0.1, 0.15) is 31.4 Å². The number of aliphatic hydroxyl groups excluding tert-OH is 1. The van der Waals surface area contributed by atoms with Gasteiger partial charge < -0.3 is 10.0 Å². The third-order valence-electron chi connectivity index (χ3n) is 2.89. The van der Waals surface area contributed by atoms with Gasteiger partial charge in [0.25, 0.3) is 0 Å². The summed E-state index contributed by atoms with van der Waals surface area (Å²) in [6.07, 6.45) is 1.59. The lowest BCUT2D eigenvalue weighted by atomic mass is 10.1. The zero-order chi connectivity index (χ0) is 10.8. The normalized spacial score (nSPS) is 18.2. The summed E-state index contributed by atoms with van der Waals surface area (Å²) in [6, 6.07) is 4.90. The first-order valence-electron chi connectivity index (χ1n) is 5.41. The predicted octanol–water partition coefficient (Wildman–Crippen LogP) is 2.48. The van der Waals surface area contributed by atoms with Crippen molar-refractivity contribution in [2.45, 2.75) is 25.9 Å². The maximum atomic E-state index is 13.7. The van der Waals surface area contributed by atoms with Crippen molar-refractivity contribution in [2.75, 3.05) is 18.0 Å². The van der Waals surface area contributed by atoms with Gasteiger partial charge in [-0.2, -0.15) is 0 Å². The van der Waals surface area contributed by atoms with Crippen LogP contribution in [0.5, 0.6) is 0 Å². The van der Waals surface area contributed by atoms with Gasteiger partial charge in [-0.1, -0.05) is 12.1 Å². The molecular formula is C12H16FNO. The van der Waals surface area contributed by atoms with Crippen LogP contribution in [-0.4, -0.2) is 18.2 Å². The second-order valence-electron chi connectivity index (χ2n) is 4.05. The van der Waals surface area contributed by atoms with Crippen LogP contribution in [0.4, 0.5) is 10.1 Å². The van der Waals surface area contributed by atoms with E-state index in [1.807, 2.05) is 4.90 Å². The summed E-state index contributed by atoms with van der Waals surface area (Å²) < 4.78 is 13.7. The minimum Gasteiger partial charge on any atom is -0.389 e. The Kier molecular flexibility index (Phi) is 2.91. The van der Waals surface area contributed by atoms with Crippen molar-refractivity contribution in [3.05, 3.63) is 29.6 Å². The summed E-state index contributed by atoms with van der Waals surface area (Å²) in [4.78, 5) is 2.03. The summed E-state index contributed by atoms with van der Waals surface area (Å²) in [6.45, 7) is 3.45. The average Bonchev–Trinajstić information content (AvgIpc) is 2.70. The summed E-state index contributed by atoms with van der Waals surface area (Å²) in [7, 11) is 0. The van der Waals surface area contributed by atoms with Gasteiger partial charge in [0.15, 0.2) is 0 Å². The molecule has 0 radical (unpaired) electrons. The summed E-state index contributed by atoms with van der Waals surface area (Å²) in [5.74, 6) is -0.227. The molecule has 0 aromatic heterocycles. The molecule has 1 aliphatic heterocycles. The van der Waals surface area contributed by atoms with Crippen LogP contribution in [0.15, 0.2) is 18.2 Å². The molecule has 0 amide bonds. The first-order valence-corrected chi connectivity index (χ1v) is 5.41. The molecule has 2 nitrogen and oxygen atoms in total. The van der Waals surface area contributed by atoms with Gasteiger partial charge in [-0.3, -0.25) is 0 Å². The van der Waals surface area contributed by atoms with E-state index in [0.29, 0.717) is 11.3 Å². The minimum atomic E-state index is -0.615. The second kappa shape index (κ2) is 4.19. The molecule has 1 saturated heterocycles. The van der Waals surface area contributed by atoms with E-state index in [2.05, 4.69) is 0 Å². The van der Waals surface area contributed by atoms with Gasteiger partial charge in [0.1, 0.15) is 5.82 Å². The zero-order valence-corrected chi connectivity index (χ0v) is 8.91. The Morgan fingerprint density at radius 3 is 2.60 bits per heavy atom. The Hall–Kier alpha value is -1.09. The van der Waals surface area contributed by atoms with Crippen LogP contribution in [-0.2, 0) is 0 Å². The largest absolute Gasteiger partial charge is 0.389 e. The van der Waals surface area contributed by atoms with Crippen LogP contribution in [0.3, 0.4) is 0 Å². The lowest BCUT2D eigenvalue weighted by Gasteiger charge is -2.23. The quantitative estimate of drug-likeness (QED) is 0.808. The van der Waals surface area contributed by atoms with Gasteiger partial charge in [0.2, 0.25) is 0 Å². The molecule has 15 heavy (non-hydrogen) atoms. The predicted molar refractivity (Wildman–Crippen MR) is 58.5 cm³/mol. The van der Waals surface area contributed by atoms with Gasteiger partial charge in [-0.25, -0.2) is 4.39 Å². The number of anilines is 1. The Morgan fingerprint density at radius 1 is 1.33 bits per heavy atom. The molecule has 0 aliphatic carbocycles. The number of hydrogen-bond donors (Lipinski definition) is 1. The molecule has 0 spiro atoms. The van der Waals surface area contributed by atoms with Crippen molar-refractivity contribution in [2.24, 2.45) is 0 Å². The number of nitrogens with zero attached hydrogens (tertiary/aromatic N) is 1. The molecule has 2 rings (SSSR count). The fourth-order valence-corrected chi connectivity index (χ4v) is 2.14. The molecule has 0 saturated carbocycles. The topological polar surface area (TPSA) is 23.5 Å². The van der Waals surface area contributed by atoms with Gasteiger partial charge in [-0.05, 0) is 25.8 Å². The van der Waals surface area contributed by atoms with E-state index in [9.17, 15) is 9.50 Å². The van der Waals surface area contributed by atoms with Crippen molar-refractivity contribution < 1.29 is 9.50 Å². The highest BCUT2D eigenvalue weighted by Crippen LogP contribution is 2.31. The molecule has 1 atom stereocenters. The van der Waals surface area contributed by atoms with E-state index in [4.69, 9.17) is 0 Å². The number of rotatable bonds is 2. The summed E-state index contributed by atoms with van der Waals surface area (Å²) in [5, 5.41) is 9.60. The fourth-order valence-electron chi connectivity index (χ4n) is 2.14. The summed E-state index contributed by atoms with van der Waals surface area (Å²) >= 11 is 0. The zero-order valence-electron chi connectivity index (χ0n) is 8.91. The van der Waals surface area contributed by atoms with E-state index >= 15 is 0 Å². The van der Waals surface area contributed by atoms with E-state index in [1.54, 1.807) is 19.1 Å². The number of aliphatic hydroxyl groups is 1. The van der Waals surface area contributed by atoms with E-state index in [0.717, 1.165) is 25.9 Å². The maximum absolute atomic E-state index is 13.7. The number of benzene rings is 1. The van der Waals surface area contributed by atoms with Crippen molar-refractivity contribution in [3.8, 4) is 0 Å². The molecule has 0 bridgehead atoms. The number of para-hydroxylation sites is 1. The molecule has 3 heteroatoms. The maximum Gasteiger partial charge on any atom is 0.146 e. The first kappa shape index (κ1) is 10.4.